The topological polar surface area (TPSA) is 66.9 Å². The molecule has 1 heterocycles. The maximum Gasteiger partial charge on any atom is 0.274 e. The molecule has 0 aliphatic heterocycles. The number of carbonyl (C=O) groups excluding carboxylic acids is 1. The fourth-order valence-electron chi connectivity index (χ4n) is 2.83. The Hall–Kier alpha value is -3.21. The standard InChI is InChI=1S/C22H24N4O/c1-14-9-10-16(3)19(11-14)26-22(27)20-12-21(25-17(4)24-20)23-13-18-8-6-5-7-15(18)2/h5-12H,13H2,1-4H3,(H,26,27)(H,23,24,25). The van der Waals surface area contributed by atoms with E-state index in [0.29, 0.717) is 23.9 Å². The lowest BCUT2D eigenvalue weighted by molar-refractivity contribution is 0.102. The van der Waals surface area contributed by atoms with Gasteiger partial charge in [-0.25, -0.2) is 9.97 Å². The second-order valence-corrected chi connectivity index (χ2v) is 6.74. The summed E-state index contributed by atoms with van der Waals surface area (Å²) in [4.78, 5) is 21.4. The highest BCUT2D eigenvalue weighted by Gasteiger charge is 2.12. The second-order valence-electron chi connectivity index (χ2n) is 6.74. The molecule has 0 unspecified atom stereocenters. The smallest absolute Gasteiger partial charge is 0.274 e. The Balaban J connectivity index is 1.77. The van der Waals surface area contributed by atoms with E-state index in [1.165, 1.54) is 11.1 Å². The van der Waals surface area contributed by atoms with Crippen molar-refractivity contribution in [2.24, 2.45) is 0 Å². The summed E-state index contributed by atoms with van der Waals surface area (Å²) >= 11 is 0. The summed E-state index contributed by atoms with van der Waals surface area (Å²) in [7, 11) is 0. The lowest BCUT2D eigenvalue weighted by Gasteiger charge is -2.12. The van der Waals surface area contributed by atoms with Crippen LogP contribution in [0.1, 0.15) is 38.6 Å². The molecular weight excluding hydrogens is 336 g/mol. The third-order valence-electron chi connectivity index (χ3n) is 4.43. The summed E-state index contributed by atoms with van der Waals surface area (Å²) in [5.74, 6) is 0.945. The Morgan fingerprint density at radius 1 is 0.926 bits per heavy atom. The summed E-state index contributed by atoms with van der Waals surface area (Å²) in [6, 6.07) is 15.8. The van der Waals surface area contributed by atoms with Crippen LogP contribution in [-0.4, -0.2) is 15.9 Å². The SMILES string of the molecule is Cc1ccc(C)c(NC(=O)c2cc(NCc3ccccc3C)nc(C)n2)c1. The lowest BCUT2D eigenvalue weighted by Crippen LogP contribution is -2.16. The first kappa shape index (κ1) is 18.6. The number of benzene rings is 2. The molecule has 2 N–H and O–H groups in total. The molecule has 0 bridgehead atoms. The minimum Gasteiger partial charge on any atom is -0.366 e. The number of rotatable bonds is 5. The molecule has 5 heteroatoms. The summed E-state index contributed by atoms with van der Waals surface area (Å²) in [6.45, 7) is 8.47. The van der Waals surface area contributed by atoms with Gasteiger partial charge in [-0.3, -0.25) is 4.79 Å². The normalized spacial score (nSPS) is 10.5. The molecule has 27 heavy (non-hydrogen) atoms. The Morgan fingerprint density at radius 3 is 2.48 bits per heavy atom. The van der Waals surface area contributed by atoms with E-state index in [0.717, 1.165) is 16.8 Å². The number of aromatic nitrogens is 2. The summed E-state index contributed by atoms with van der Waals surface area (Å²) < 4.78 is 0. The highest BCUT2D eigenvalue weighted by atomic mass is 16.1. The van der Waals surface area contributed by atoms with E-state index in [2.05, 4.69) is 39.7 Å². The first-order valence-corrected chi connectivity index (χ1v) is 8.95. The van der Waals surface area contributed by atoms with Crippen LogP contribution in [0.2, 0.25) is 0 Å². The van der Waals surface area contributed by atoms with E-state index in [9.17, 15) is 4.79 Å². The maximum atomic E-state index is 12.7. The molecule has 0 aliphatic rings. The van der Waals surface area contributed by atoms with E-state index in [-0.39, 0.29) is 5.91 Å². The van der Waals surface area contributed by atoms with Crippen molar-refractivity contribution in [1.29, 1.82) is 0 Å². The third kappa shape index (κ3) is 4.70. The molecule has 5 nitrogen and oxygen atoms in total. The molecule has 1 aromatic heterocycles. The van der Waals surface area contributed by atoms with E-state index < -0.39 is 0 Å². The van der Waals surface area contributed by atoms with Crippen molar-refractivity contribution < 1.29 is 4.79 Å². The van der Waals surface area contributed by atoms with E-state index in [4.69, 9.17) is 0 Å². The van der Waals surface area contributed by atoms with Crippen LogP contribution in [0, 0.1) is 27.7 Å². The Kier molecular flexibility index (Phi) is 5.50. The predicted octanol–water partition coefficient (Wildman–Crippen LogP) is 4.57. The Bertz CT molecular complexity index is 982. The number of nitrogens with zero attached hydrogens (tertiary/aromatic N) is 2. The van der Waals surface area contributed by atoms with Crippen LogP contribution in [0.3, 0.4) is 0 Å². The first-order chi connectivity index (χ1) is 12.9. The van der Waals surface area contributed by atoms with Gasteiger partial charge in [0, 0.05) is 18.3 Å². The molecular formula is C22H24N4O. The second kappa shape index (κ2) is 7.99. The molecule has 0 radical (unpaired) electrons. The van der Waals surface area contributed by atoms with Crippen LogP contribution in [0.25, 0.3) is 0 Å². The number of nitrogens with one attached hydrogen (secondary N) is 2. The van der Waals surface area contributed by atoms with Crippen molar-refractivity contribution in [2.75, 3.05) is 10.6 Å². The monoisotopic (exact) mass is 360 g/mol. The van der Waals surface area contributed by atoms with Crippen molar-refractivity contribution in [3.63, 3.8) is 0 Å². The summed E-state index contributed by atoms with van der Waals surface area (Å²) in [5.41, 5.74) is 5.65. The van der Waals surface area contributed by atoms with Crippen LogP contribution < -0.4 is 10.6 Å². The molecule has 0 aliphatic carbocycles. The fraction of sp³-hybridized carbons (Fsp3) is 0.227. The average molecular weight is 360 g/mol. The Morgan fingerprint density at radius 2 is 1.70 bits per heavy atom. The van der Waals surface area contributed by atoms with Gasteiger partial charge < -0.3 is 10.6 Å². The molecule has 0 saturated carbocycles. The van der Waals surface area contributed by atoms with Crippen LogP contribution in [-0.2, 0) is 6.54 Å². The van der Waals surface area contributed by atoms with Crippen LogP contribution >= 0.6 is 0 Å². The number of carbonyl (C=O) groups is 1. The van der Waals surface area contributed by atoms with Crippen molar-refractivity contribution in [3.05, 3.63) is 82.3 Å². The molecule has 2 aromatic carbocycles. The van der Waals surface area contributed by atoms with E-state index >= 15 is 0 Å². The fourth-order valence-corrected chi connectivity index (χ4v) is 2.83. The lowest BCUT2D eigenvalue weighted by atomic mass is 10.1. The van der Waals surface area contributed by atoms with Gasteiger partial charge in [-0.15, -0.1) is 0 Å². The number of aryl methyl sites for hydroxylation is 4. The quantitative estimate of drug-likeness (QED) is 0.699. The van der Waals surface area contributed by atoms with Crippen molar-refractivity contribution in [2.45, 2.75) is 34.2 Å². The molecule has 1 amide bonds. The zero-order chi connectivity index (χ0) is 19.4. The molecule has 3 rings (SSSR count). The molecule has 0 fully saturated rings. The molecule has 0 atom stereocenters. The number of anilines is 2. The highest BCUT2D eigenvalue weighted by molar-refractivity contribution is 6.03. The van der Waals surface area contributed by atoms with Gasteiger partial charge in [-0.1, -0.05) is 36.4 Å². The predicted molar refractivity (Wildman–Crippen MR) is 109 cm³/mol. The number of amides is 1. The summed E-state index contributed by atoms with van der Waals surface area (Å²) in [6.07, 6.45) is 0. The van der Waals surface area contributed by atoms with E-state index in [1.54, 1.807) is 13.0 Å². The van der Waals surface area contributed by atoms with E-state index in [1.807, 2.05) is 44.2 Å². The number of hydrogen-bond acceptors (Lipinski definition) is 4. The van der Waals surface area contributed by atoms with Crippen LogP contribution in [0.5, 0.6) is 0 Å². The van der Waals surface area contributed by atoms with Gasteiger partial charge in [-0.2, -0.15) is 0 Å². The summed E-state index contributed by atoms with van der Waals surface area (Å²) in [5, 5.41) is 6.24. The van der Waals surface area contributed by atoms with Gasteiger partial charge in [0.25, 0.3) is 5.91 Å². The van der Waals surface area contributed by atoms with Gasteiger partial charge >= 0.3 is 0 Å². The van der Waals surface area contributed by atoms with Crippen LogP contribution in [0.4, 0.5) is 11.5 Å². The zero-order valence-corrected chi connectivity index (χ0v) is 16.1. The number of hydrogen-bond donors (Lipinski definition) is 2. The van der Waals surface area contributed by atoms with Gasteiger partial charge in [0.15, 0.2) is 0 Å². The minimum atomic E-state index is -0.242. The average Bonchev–Trinajstić information content (AvgIpc) is 2.63. The molecule has 0 spiro atoms. The minimum absolute atomic E-state index is 0.242. The largest absolute Gasteiger partial charge is 0.366 e. The van der Waals surface area contributed by atoms with Crippen molar-refractivity contribution in [3.8, 4) is 0 Å². The van der Waals surface area contributed by atoms with Gasteiger partial charge in [-0.05, 0) is 56.0 Å². The van der Waals surface area contributed by atoms with Gasteiger partial charge in [0.2, 0.25) is 0 Å². The molecule has 0 saturated heterocycles. The first-order valence-electron chi connectivity index (χ1n) is 8.95. The van der Waals surface area contributed by atoms with Gasteiger partial charge in [0.05, 0.1) is 0 Å². The van der Waals surface area contributed by atoms with Gasteiger partial charge in [0.1, 0.15) is 17.3 Å². The molecule has 3 aromatic rings. The zero-order valence-electron chi connectivity index (χ0n) is 16.1. The van der Waals surface area contributed by atoms with Crippen LogP contribution in [0.15, 0.2) is 48.5 Å². The maximum absolute atomic E-state index is 12.7. The molecule has 138 valence electrons. The Labute approximate surface area is 159 Å². The van der Waals surface area contributed by atoms with Crippen molar-refractivity contribution in [1.82, 2.24) is 9.97 Å². The highest BCUT2D eigenvalue weighted by Crippen LogP contribution is 2.18. The van der Waals surface area contributed by atoms with Crippen molar-refractivity contribution >= 4 is 17.4 Å². The third-order valence-corrected chi connectivity index (χ3v) is 4.43.